The second-order valence-electron chi connectivity index (χ2n) is 11.6. The first-order valence-electron chi connectivity index (χ1n) is 14.8. The summed E-state index contributed by atoms with van der Waals surface area (Å²) in [5, 5.41) is 9.82. The van der Waals surface area contributed by atoms with E-state index in [0.29, 0.717) is 39.3 Å². The molecule has 2 unspecified atom stereocenters. The highest BCUT2D eigenvalue weighted by Crippen LogP contribution is 2.39. The van der Waals surface area contributed by atoms with Crippen LogP contribution in [0.3, 0.4) is 0 Å². The zero-order valence-electron chi connectivity index (χ0n) is 25.6. The van der Waals surface area contributed by atoms with Gasteiger partial charge >= 0.3 is 6.09 Å². The fourth-order valence-electron chi connectivity index (χ4n) is 5.99. The van der Waals surface area contributed by atoms with Crippen LogP contribution in [0.4, 0.5) is 4.79 Å². The predicted molar refractivity (Wildman–Crippen MR) is 159 cm³/mol. The number of ether oxygens (including phenoxy) is 3. The van der Waals surface area contributed by atoms with E-state index in [1.165, 1.54) is 4.90 Å². The zero-order chi connectivity index (χ0) is 30.4. The molecule has 2 atom stereocenters. The van der Waals surface area contributed by atoms with Crippen LogP contribution >= 0.6 is 0 Å². The first kappa shape index (κ1) is 31.6. The van der Waals surface area contributed by atoms with Crippen molar-refractivity contribution in [3.8, 4) is 5.75 Å². The third-order valence-electron chi connectivity index (χ3n) is 8.71. The Labute approximate surface area is 248 Å². The number of nitrogens with zero attached hydrogens (tertiary/aromatic N) is 3. The van der Waals surface area contributed by atoms with Crippen LogP contribution in [0, 0.1) is 19.8 Å². The molecule has 230 valence electrons. The Morgan fingerprint density at radius 1 is 1.00 bits per heavy atom. The second-order valence-corrected chi connectivity index (χ2v) is 11.6. The lowest BCUT2D eigenvalue weighted by atomic mass is 9.78. The van der Waals surface area contributed by atoms with E-state index in [9.17, 15) is 19.5 Å². The average molecular weight is 584 g/mol. The number of hydrogen-bond donors (Lipinski definition) is 1. The number of carboxylic acid groups (broad SMARTS) is 1. The summed E-state index contributed by atoms with van der Waals surface area (Å²) in [5.74, 6) is -0.143. The maximum absolute atomic E-state index is 14.4. The Balaban J connectivity index is 1.66. The lowest BCUT2D eigenvalue weighted by Crippen LogP contribution is -2.50. The van der Waals surface area contributed by atoms with Gasteiger partial charge in [0.05, 0.1) is 12.5 Å². The van der Waals surface area contributed by atoms with Crippen LogP contribution in [0.1, 0.15) is 59.5 Å². The molecule has 1 saturated carbocycles. The molecule has 0 spiro atoms. The van der Waals surface area contributed by atoms with Gasteiger partial charge in [-0.3, -0.25) is 9.59 Å². The Morgan fingerprint density at radius 2 is 1.71 bits per heavy atom. The third-order valence-corrected chi connectivity index (χ3v) is 8.71. The van der Waals surface area contributed by atoms with Gasteiger partial charge in [-0.15, -0.1) is 0 Å². The van der Waals surface area contributed by atoms with Crippen LogP contribution < -0.4 is 10.3 Å². The lowest BCUT2D eigenvalue weighted by Gasteiger charge is -2.40. The maximum atomic E-state index is 14.4. The van der Waals surface area contributed by atoms with E-state index < -0.39 is 12.0 Å². The van der Waals surface area contributed by atoms with Crippen molar-refractivity contribution in [3.05, 3.63) is 62.6 Å². The fourth-order valence-corrected chi connectivity index (χ4v) is 5.99. The number of rotatable bonds is 13. The van der Waals surface area contributed by atoms with Gasteiger partial charge in [0, 0.05) is 65.3 Å². The molecule has 1 aromatic heterocycles. The van der Waals surface area contributed by atoms with Crippen molar-refractivity contribution in [2.24, 2.45) is 13.0 Å². The molecule has 2 heterocycles. The standard InChI is InChI=1S/C32H45N3O7/c1-21-22(2)33(3)30(36)18-28(21)27-10-11-34(32(38)39)20-29(27)31(37)35(25-8-9-25)19-24-15-23(7-6-12-40-4)16-26(17-24)42-14-13-41-5/h15-18,25,27,29H,6-14,19-20H2,1-5H3,(H,38,39). The third kappa shape index (κ3) is 7.52. The summed E-state index contributed by atoms with van der Waals surface area (Å²) in [4.78, 5) is 42.5. The van der Waals surface area contributed by atoms with Crippen LogP contribution in [0.2, 0.25) is 0 Å². The molecule has 2 amide bonds. The van der Waals surface area contributed by atoms with Crippen LogP contribution in [-0.2, 0) is 34.3 Å². The maximum Gasteiger partial charge on any atom is 0.407 e. The summed E-state index contributed by atoms with van der Waals surface area (Å²) in [7, 11) is 5.07. The van der Waals surface area contributed by atoms with Gasteiger partial charge in [0.1, 0.15) is 12.4 Å². The Morgan fingerprint density at radius 3 is 2.38 bits per heavy atom. The number of aromatic nitrogens is 1. The van der Waals surface area contributed by atoms with E-state index in [-0.39, 0.29) is 30.0 Å². The highest BCUT2D eigenvalue weighted by molar-refractivity contribution is 5.82. The van der Waals surface area contributed by atoms with Crippen LogP contribution in [-0.4, -0.2) is 84.6 Å². The predicted octanol–water partition coefficient (Wildman–Crippen LogP) is 3.88. The van der Waals surface area contributed by atoms with E-state index in [0.717, 1.165) is 59.4 Å². The highest BCUT2D eigenvalue weighted by atomic mass is 16.5. The number of pyridine rings is 1. The number of amides is 2. The van der Waals surface area contributed by atoms with Crippen molar-refractivity contribution in [1.82, 2.24) is 14.4 Å². The minimum Gasteiger partial charge on any atom is -0.491 e. The van der Waals surface area contributed by atoms with Crippen LogP contribution in [0.5, 0.6) is 5.75 Å². The summed E-state index contributed by atoms with van der Waals surface area (Å²) in [5.41, 5.74) is 4.64. The molecule has 10 nitrogen and oxygen atoms in total. The zero-order valence-corrected chi connectivity index (χ0v) is 25.6. The van der Waals surface area contributed by atoms with E-state index in [4.69, 9.17) is 14.2 Å². The van der Waals surface area contributed by atoms with Gasteiger partial charge in [-0.25, -0.2) is 4.79 Å². The van der Waals surface area contributed by atoms with E-state index in [2.05, 4.69) is 6.07 Å². The fraction of sp³-hybridized carbons (Fsp3) is 0.594. The van der Waals surface area contributed by atoms with Crippen LogP contribution in [0.25, 0.3) is 0 Å². The Bertz CT molecular complexity index is 1290. The minimum atomic E-state index is -1.03. The molecule has 4 rings (SSSR count). The van der Waals surface area contributed by atoms with Gasteiger partial charge in [-0.05, 0) is 86.3 Å². The number of likely N-dealkylation sites (tertiary alicyclic amines) is 1. The first-order valence-corrected chi connectivity index (χ1v) is 14.8. The summed E-state index contributed by atoms with van der Waals surface area (Å²) in [6.07, 6.45) is 2.98. The highest BCUT2D eigenvalue weighted by Gasteiger charge is 2.43. The molecule has 0 radical (unpaired) electrons. The van der Waals surface area contributed by atoms with E-state index >= 15 is 0 Å². The summed E-state index contributed by atoms with van der Waals surface area (Å²) in [6, 6.07) is 7.88. The van der Waals surface area contributed by atoms with E-state index in [1.54, 1.807) is 31.9 Å². The SMILES string of the molecule is COCCCc1cc(CN(C(=O)C2CN(C(=O)O)CCC2c2cc(=O)n(C)c(C)c2C)C2CC2)cc(OCCOC)c1. The van der Waals surface area contributed by atoms with Crippen molar-refractivity contribution in [2.75, 3.05) is 47.1 Å². The number of carbonyl (C=O) groups is 2. The summed E-state index contributed by atoms with van der Waals surface area (Å²) < 4.78 is 18.0. The summed E-state index contributed by atoms with van der Waals surface area (Å²) >= 11 is 0. The van der Waals surface area contributed by atoms with Crippen molar-refractivity contribution in [2.45, 2.75) is 64.5 Å². The normalized spacial score (nSPS) is 18.6. The molecule has 42 heavy (non-hydrogen) atoms. The quantitative estimate of drug-likeness (QED) is 0.357. The number of methoxy groups -OCH3 is 2. The number of aryl methyl sites for hydroxylation is 1. The monoisotopic (exact) mass is 583 g/mol. The molecule has 1 saturated heterocycles. The molecular weight excluding hydrogens is 538 g/mol. The van der Waals surface area contributed by atoms with Crippen molar-refractivity contribution in [1.29, 1.82) is 0 Å². The van der Waals surface area contributed by atoms with Crippen molar-refractivity contribution < 1.29 is 28.9 Å². The van der Waals surface area contributed by atoms with Gasteiger partial charge in [0.15, 0.2) is 0 Å². The lowest BCUT2D eigenvalue weighted by molar-refractivity contribution is -0.139. The van der Waals surface area contributed by atoms with Crippen molar-refractivity contribution in [3.63, 3.8) is 0 Å². The van der Waals surface area contributed by atoms with Crippen molar-refractivity contribution >= 4 is 12.0 Å². The molecule has 0 bridgehead atoms. The topological polar surface area (TPSA) is 111 Å². The minimum absolute atomic E-state index is 0.0576. The number of hydrogen-bond acceptors (Lipinski definition) is 6. The molecule has 10 heteroatoms. The van der Waals surface area contributed by atoms with Crippen LogP contribution in [0.15, 0.2) is 29.1 Å². The largest absolute Gasteiger partial charge is 0.491 e. The van der Waals surface area contributed by atoms with Gasteiger partial charge in [0.25, 0.3) is 5.56 Å². The molecule has 1 N–H and O–H groups in total. The smallest absolute Gasteiger partial charge is 0.407 e. The average Bonchev–Trinajstić information content (AvgIpc) is 3.82. The van der Waals surface area contributed by atoms with E-state index in [1.807, 2.05) is 30.9 Å². The first-order chi connectivity index (χ1) is 20.1. The number of benzene rings is 1. The van der Waals surface area contributed by atoms with Gasteiger partial charge in [-0.2, -0.15) is 0 Å². The molecule has 1 aromatic carbocycles. The molecule has 2 aliphatic rings. The summed E-state index contributed by atoms with van der Waals surface area (Å²) in [6.45, 7) is 6.28. The molecule has 1 aliphatic carbocycles. The Hall–Kier alpha value is -3.37. The number of carbonyl (C=O) groups excluding carboxylic acids is 1. The molecule has 2 fully saturated rings. The second kappa shape index (κ2) is 14.2. The van der Waals surface area contributed by atoms with Gasteiger partial charge in [0.2, 0.25) is 5.91 Å². The molecule has 2 aromatic rings. The van der Waals surface area contributed by atoms with Gasteiger partial charge in [-0.1, -0.05) is 6.07 Å². The number of piperidine rings is 1. The Kier molecular flexibility index (Phi) is 10.7. The molecule has 1 aliphatic heterocycles. The van der Waals surface area contributed by atoms with Gasteiger partial charge < -0.3 is 33.7 Å². The molecular formula is C32H45N3O7.